The lowest BCUT2D eigenvalue weighted by Crippen LogP contribution is -2.44. The van der Waals surface area contributed by atoms with E-state index in [9.17, 15) is 9.59 Å². The van der Waals surface area contributed by atoms with Crippen LogP contribution in [-0.4, -0.2) is 18.4 Å². The number of amides is 2. The normalized spacial score (nSPS) is 11.1. The third-order valence-corrected chi connectivity index (χ3v) is 3.65. The molecule has 0 radical (unpaired) electrons. The van der Waals surface area contributed by atoms with Gasteiger partial charge in [-0.15, -0.1) is 0 Å². The molecule has 2 rings (SSSR count). The molecule has 134 valence electrons. The maximum atomic E-state index is 12.0. The van der Waals surface area contributed by atoms with Gasteiger partial charge in [0, 0.05) is 0 Å². The number of furan rings is 1. The fourth-order valence-corrected chi connectivity index (χ4v) is 2.44. The molecule has 25 heavy (non-hydrogen) atoms. The van der Waals surface area contributed by atoms with Gasteiger partial charge in [0.1, 0.15) is 17.3 Å². The van der Waals surface area contributed by atoms with Crippen molar-refractivity contribution in [2.75, 3.05) is 6.61 Å². The number of ether oxygens (including phenoxy) is 1. The topological polar surface area (TPSA) is 80.6 Å². The summed E-state index contributed by atoms with van der Waals surface area (Å²) in [5, 5.41) is 0. The standard InChI is InChI=1S/C19H24N2O4/c1-12-10-14(13(2)25-12)18(23)21-20-17(22)11-24-16-9-7-6-8-15(16)19(3,4)5/h6-10H,11H2,1-5H3,(H,20,22)(H,21,23). The molecule has 0 aliphatic carbocycles. The van der Waals surface area contributed by atoms with Crippen LogP contribution in [0, 0.1) is 13.8 Å². The second-order valence-corrected chi connectivity index (χ2v) is 6.86. The van der Waals surface area contributed by atoms with Gasteiger partial charge in [-0.1, -0.05) is 39.0 Å². The van der Waals surface area contributed by atoms with E-state index in [1.54, 1.807) is 19.9 Å². The van der Waals surface area contributed by atoms with E-state index in [1.807, 2.05) is 24.3 Å². The van der Waals surface area contributed by atoms with Gasteiger partial charge in [-0.2, -0.15) is 0 Å². The molecule has 0 saturated carbocycles. The molecule has 0 saturated heterocycles. The van der Waals surface area contributed by atoms with Crippen LogP contribution < -0.4 is 15.6 Å². The van der Waals surface area contributed by atoms with E-state index in [0.717, 1.165) is 5.56 Å². The Kier molecular flexibility index (Phi) is 5.51. The Bertz CT molecular complexity index is 772. The van der Waals surface area contributed by atoms with Crippen LogP contribution in [0.3, 0.4) is 0 Å². The second kappa shape index (κ2) is 7.42. The average molecular weight is 344 g/mol. The van der Waals surface area contributed by atoms with Crippen LogP contribution >= 0.6 is 0 Å². The number of para-hydroxylation sites is 1. The molecule has 2 amide bonds. The Hall–Kier alpha value is -2.76. The predicted octanol–water partition coefficient (Wildman–Crippen LogP) is 3.03. The van der Waals surface area contributed by atoms with Gasteiger partial charge < -0.3 is 9.15 Å². The summed E-state index contributed by atoms with van der Waals surface area (Å²) in [5.74, 6) is 0.904. The number of hydrogen-bond acceptors (Lipinski definition) is 4. The maximum Gasteiger partial charge on any atom is 0.276 e. The highest BCUT2D eigenvalue weighted by molar-refractivity contribution is 5.96. The van der Waals surface area contributed by atoms with Crippen LogP contribution in [0.2, 0.25) is 0 Å². The molecule has 6 heteroatoms. The van der Waals surface area contributed by atoms with Crippen LogP contribution in [0.25, 0.3) is 0 Å². The van der Waals surface area contributed by atoms with Crippen molar-refractivity contribution in [3.05, 3.63) is 53.0 Å². The summed E-state index contributed by atoms with van der Waals surface area (Å²) in [6.07, 6.45) is 0. The lowest BCUT2D eigenvalue weighted by molar-refractivity contribution is -0.123. The summed E-state index contributed by atoms with van der Waals surface area (Å²) < 4.78 is 10.9. The number of aryl methyl sites for hydroxylation is 2. The monoisotopic (exact) mass is 344 g/mol. The van der Waals surface area contributed by atoms with Crippen molar-refractivity contribution >= 4 is 11.8 Å². The quantitative estimate of drug-likeness (QED) is 0.836. The molecule has 0 bridgehead atoms. The Morgan fingerprint density at radius 1 is 1.12 bits per heavy atom. The Morgan fingerprint density at radius 2 is 1.80 bits per heavy atom. The minimum Gasteiger partial charge on any atom is -0.483 e. The lowest BCUT2D eigenvalue weighted by atomic mass is 9.86. The molecule has 0 aliphatic rings. The smallest absolute Gasteiger partial charge is 0.276 e. The highest BCUT2D eigenvalue weighted by atomic mass is 16.5. The first-order chi connectivity index (χ1) is 11.7. The summed E-state index contributed by atoms with van der Waals surface area (Å²) in [5.41, 5.74) is 5.99. The van der Waals surface area contributed by atoms with Crippen molar-refractivity contribution in [2.24, 2.45) is 0 Å². The van der Waals surface area contributed by atoms with Crippen LogP contribution in [0.4, 0.5) is 0 Å². The van der Waals surface area contributed by atoms with Crippen molar-refractivity contribution in [1.82, 2.24) is 10.9 Å². The molecule has 0 unspecified atom stereocenters. The zero-order chi connectivity index (χ0) is 18.6. The third kappa shape index (κ3) is 4.86. The summed E-state index contributed by atoms with van der Waals surface area (Å²) in [4.78, 5) is 23.9. The van der Waals surface area contributed by atoms with Crippen LogP contribution in [0.5, 0.6) is 5.75 Å². The first-order valence-electron chi connectivity index (χ1n) is 8.07. The lowest BCUT2D eigenvalue weighted by Gasteiger charge is -2.22. The van der Waals surface area contributed by atoms with Gasteiger partial charge in [0.25, 0.3) is 11.8 Å². The summed E-state index contributed by atoms with van der Waals surface area (Å²) in [6, 6.07) is 9.20. The van der Waals surface area contributed by atoms with Crippen LogP contribution in [0.15, 0.2) is 34.7 Å². The summed E-state index contributed by atoms with van der Waals surface area (Å²) in [7, 11) is 0. The fraction of sp³-hybridized carbons (Fsp3) is 0.368. The van der Waals surface area contributed by atoms with E-state index in [0.29, 0.717) is 22.8 Å². The molecular weight excluding hydrogens is 320 g/mol. The van der Waals surface area contributed by atoms with Crippen molar-refractivity contribution in [1.29, 1.82) is 0 Å². The highest BCUT2D eigenvalue weighted by Crippen LogP contribution is 2.30. The van der Waals surface area contributed by atoms with Gasteiger partial charge >= 0.3 is 0 Å². The minimum atomic E-state index is -0.449. The number of carbonyl (C=O) groups is 2. The van der Waals surface area contributed by atoms with Crippen LogP contribution in [0.1, 0.15) is 48.2 Å². The Labute approximate surface area is 147 Å². The molecule has 1 heterocycles. The first kappa shape index (κ1) is 18.6. The number of nitrogens with one attached hydrogen (secondary N) is 2. The molecule has 2 aromatic rings. The zero-order valence-corrected chi connectivity index (χ0v) is 15.2. The van der Waals surface area contributed by atoms with Gasteiger partial charge in [-0.05, 0) is 37.0 Å². The van der Waals surface area contributed by atoms with Crippen molar-refractivity contribution < 1.29 is 18.7 Å². The molecule has 0 fully saturated rings. The van der Waals surface area contributed by atoms with Gasteiger partial charge in [-0.3, -0.25) is 20.4 Å². The van der Waals surface area contributed by atoms with Crippen LogP contribution in [-0.2, 0) is 10.2 Å². The zero-order valence-electron chi connectivity index (χ0n) is 15.2. The Morgan fingerprint density at radius 3 is 2.40 bits per heavy atom. The SMILES string of the molecule is Cc1cc(C(=O)NNC(=O)COc2ccccc2C(C)(C)C)c(C)o1. The van der Waals surface area contributed by atoms with Gasteiger partial charge in [0.2, 0.25) is 0 Å². The molecule has 0 atom stereocenters. The van der Waals surface area contributed by atoms with E-state index in [2.05, 4.69) is 31.6 Å². The first-order valence-corrected chi connectivity index (χ1v) is 8.07. The van der Waals surface area contributed by atoms with Gasteiger partial charge in [0.05, 0.1) is 5.56 Å². The van der Waals surface area contributed by atoms with E-state index in [-0.39, 0.29) is 12.0 Å². The molecule has 2 N–H and O–H groups in total. The van der Waals surface area contributed by atoms with E-state index in [4.69, 9.17) is 9.15 Å². The van der Waals surface area contributed by atoms with Crippen molar-refractivity contribution in [3.8, 4) is 5.75 Å². The van der Waals surface area contributed by atoms with Crippen molar-refractivity contribution in [3.63, 3.8) is 0 Å². The maximum absolute atomic E-state index is 12.0. The number of hydrogen-bond donors (Lipinski definition) is 2. The number of hydrazine groups is 1. The number of rotatable bonds is 4. The van der Waals surface area contributed by atoms with E-state index >= 15 is 0 Å². The summed E-state index contributed by atoms with van der Waals surface area (Å²) in [6.45, 7) is 9.47. The highest BCUT2D eigenvalue weighted by Gasteiger charge is 2.19. The molecule has 0 spiro atoms. The molecule has 0 aliphatic heterocycles. The summed E-state index contributed by atoms with van der Waals surface area (Å²) >= 11 is 0. The second-order valence-electron chi connectivity index (χ2n) is 6.86. The van der Waals surface area contributed by atoms with Gasteiger partial charge in [-0.25, -0.2) is 0 Å². The number of carbonyl (C=O) groups excluding carboxylic acids is 2. The molecule has 1 aromatic heterocycles. The average Bonchev–Trinajstić information content (AvgIpc) is 2.88. The van der Waals surface area contributed by atoms with E-state index < -0.39 is 11.8 Å². The Balaban J connectivity index is 1.90. The molecular formula is C19H24N2O4. The molecule has 6 nitrogen and oxygen atoms in total. The molecule has 1 aromatic carbocycles. The number of benzene rings is 1. The largest absolute Gasteiger partial charge is 0.483 e. The van der Waals surface area contributed by atoms with E-state index in [1.165, 1.54) is 0 Å². The van der Waals surface area contributed by atoms with Crippen molar-refractivity contribution in [2.45, 2.75) is 40.0 Å². The minimum absolute atomic E-state index is 0.0993. The third-order valence-electron chi connectivity index (χ3n) is 3.65. The fourth-order valence-electron chi connectivity index (χ4n) is 2.44. The van der Waals surface area contributed by atoms with Gasteiger partial charge in [0.15, 0.2) is 6.61 Å². The predicted molar refractivity (Wildman–Crippen MR) is 94.4 cm³/mol.